The van der Waals surface area contributed by atoms with Crippen LogP contribution in [-0.4, -0.2) is 45.4 Å². The number of rotatable bonds is 4. The Morgan fingerprint density at radius 2 is 2.13 bits per heavy atom. The Balaban J connectivity index is 0.00000264. The van der Waals surface area contributed by atoms with Gasteiger partial charge in [-0.15, -0.1) is 12.4 Å². The summed E-state index contributed by atoms with van der Waals surface area (Å²) in [7, 11) is -2.63. The van der Waals surface area contributed by atoms with E-state index in [9.17, 15) is 13.2 Å². The van der Waals surface area contributed by atoms with Crippen molar-refractivity contribution >= 4 is 40.0 Å². The number of carbonyl (C=O) groups is 1. The number of halogens is 2. The maximum Gasteiger partial charge on any atom is 0.339 e. The van der Waals surface area contributed by atoms with Gasteiger partial charge in [0.1, 0.15) is 0 Å². The van der Waals surface area contributed by atoms with Gasteiger partial charge in [0.05, 0.1) is 17.6 Å². The third kappa shape index (κ3) is 3.97. The summed E-state index contributed by atoms with van der Waals surface area (Å²) in [5, 5.41) is 0.243. The molecule has 2 N–H and O–H groups in total. The summed E-state index contributed by atoms with van der Waals surface area (Å²) < 4.78 is 31.7. The largest absolute Gasteiger partial charge is 0.465 e. The minimum Gasteiger partial charge on any atom is -0.465 e. The first kappa shape index (κ1) is 20.2. The van der Waals surface area contributed by atoms with Gasteiger partial charge in [-0.25, -0.2) is 13.2 Å². The molecule has 0 aromatic heterocycles. The van der Waals surface area contributed by atoms with E-state index in [1.54, 1.807) is 0 Å². The normalized spacial score (nSPS) is 21.7. The van der Waals surface area contributed by atoms with Crippen molar-refractivity contribution in [3.63, 3.8) is 0 Å². The zero-order valence-corrected chi connectivity index (χ0v) is 15.3. The van der Waals surface area contributed by atoms with Gasteiger partial charge in [0.15, 0.2) is 0 Å². The number of hydrogen-bond donors (Lipinski definition) is 1. The Morgan fingerprint density at radius 1 is 1.48 bits per heavy atom. The van der Waals surface area contributed by atoms with Crippen LogP contribution in [0, 0.1) is 5.41 Å². The highest BCUT2D eigenvalue weighted by Crippen LogP contribution is 2.34. The first-order valence-corrected chi connectivity index (χ1v) is 8.63. The van der Waals surface area contributed by atoms with Crippen LogP contribution in [0.15, 0.2) is 23.1 Å². The molecule has 23 heavy (non-hydrogen) atoms. The van der Waals surface area contributed by atoms with E-state index in [1.807, 2.05) is 6.92 Å². The lowest BCUT2D eigenvalue weighted by Gasteiger charge is -2.23. The van der Waals surface area contributed by atoms with Crippen LogP contribution in [0.3, 0.4) is 0 Å². The number of esters is 1. The number of benzene rings is 1. The number of carbonyl (C=O) groups excluding carboxylic acids is 1. The van der Waals surface area contributed by atoms with Crippen molar-refractivity contribution in [1.82, 2.24) is 4.31 Å². The first-order valence-electron chi connectivity index (χ1n) is 6.81. The summed E-state index contributed by atoms with van der Waals surface area (Å²) >= 11 is 5.91. The second kappa shape index (κ2) is 7.36. The Hall–Kier alpha value is -0.860. The van der Waals surface area contributed by atoms with Gasteiger partial charge in [-0.2, -0.15) is 4.31 Å². The number of nitrogens with zero attached hydrogens (tertiary/aromatic N) is 1. The molecule has 0 radical (unpaired) electrons. The molecule has 0 spiro atoms. The van der Waals surface area contributed by atoms with Gasteiger partial charge >= 0.3 is 5.97 Å². The topological polar surface area (TPSA) is 89.7 Å². The highest BCUT2D eigenvalue weighted by molar-refractivity contribution is 7.89. The van der Waals surface area contributed by atoms with Gasteiger partial charge in [-0.05, 0) is 36.6 Å². The van der Waals surface area contributed by atoms with Crippen LogP contribution in [0.2, 0.25) is 5.02 Å². The molecule has 1 aliphatic heterocycles. The lowest BCUT2D eigenvalue weighted by molar-refractivity contribution is 0.0596. The summed E-state index contributed by atoms with van der Waals surface area (Å²) in [6, 6.07) is 4.10. The zero-order chi connectivity index (χ0) is 16.5. The molecule has 1 atom stereocenters. The fraction of sp³-hybridized carbons (Fsp3) is 0.500. The SMILES string of the molecule is COC(=O)c1ccc(Cl)cc1S(=O)(=O)N1CCC(C)(CN)C1.Cl. The fourth-order valence-electron chi connectivity index (χ4n) is 2.48. The molecule has 1 aliphatic rings. The molecule has 0 saturated carbocycles. The number of hydrogen-bond acceptors (Lipinski definition) is 5. The molecule has 0 bridgehead atoms. The van der Waals surface area contributed by atoms with Gasteiger partial charge in [-0.3, -0.25) is 0 Å². The van der Waals surface area contributed by atoms with E-state index in [1.165, 1.54) is 29.6 Å². The molecule has 1 heterocycles. The van der Waals surface area contributed by atoms with Crippen LogP contribution in [-0.2, 0) is 14.8 Å². The minimum absolute atomic E-state index is 0. The summed E-state index contributed by atoms with van der Waals surface area (Å²) in [4.78, 5) is 11.7. The summed E-state index contributed by atoms with van der Waals surface area (Å²) in [5.41, 5.74) is 5.45. The van der Waals surface area contributed by atoms with Crippen LogP contribution in [0.4, 0.5) is 0 Å². The van der Waals surface area contributed by atoms with Crippen molar-refractivity contribution in [3.8, 4) is 0 Å². The lowest BCUT2D eigenvalue weighted by atomic mass is 9.90. The monoisotopic (exact) mass is 382 g/mol. The summed E-state index contributed by atoms with van der Waals surface area (Å²) in [6.45, 7) is 3.03. The van der Waals surface area contributed by atoms with Crippen molar-refractivity contribution in [3.05, 3.63) is 28.8 Å². The van der Waals surface area contributed by atoms with Gasteiger partial charge < -0.3 is 10.5 Å². The molecule has 130 valence electrons. The Bertz CT molecular complexity index is 696. The molecule has 1 saturated heterocycles. The number of nitrogens with two attached hydrogens (primary N) is 1. The zero-order valence-electron chi connectivity index (χ0n) is 12.9. The van der Waals surface area contributed by atoms with Crippen molar-refractivity contribution < 1.29 is 17.9 Å². The highest BCUT2D eigenvalue weighted by Gasteiger charge is 2.40. The third-order valence-corrected chi connectivity index (χ3v) is 6.10. The Labute approximate surface area is 147 Å². The van der Waals surface area contributed by atoms with Crippen LogP contribution >= 0.6 is 24.0 Å². The molecule has 1 aromatic rings. The van der Waals surface area contributed by atoms with Gasteiger partial charge in [0, 0.05) is 18.1 Å². The van der Waals surface area contributed by atoms with Crippen molar-refractivity contribution in [2.75, 3.05) is 26.7 Å². The summed E-state index contributed by atoms with van der Waals surface area (Å²) in [5.74, 6) is -0.712. The number of sulfonamides is 1. The molecule has 1 unspecified atom stereocenters. The van der Waals surface area contributed by atoms with Gasteiger partial charge in [0.2, 0.25) is 10.0 Å². The van der Waals surface area contributed by atoms with Crippen molar-refractivity contribution in [1.29, 1.82) is 0 Å². The maximum absolute atomic E-state index is 12.9. The van der Waals surface area contributed by atoms with E-state index < -0.39 is 16.0 Å². The Morgan fingerprint density at radius 3 is 2.65 bits per heavy atom. The van der Waals surface area contributed by atoms with Gasteiger partial charge in [-0.1, -0.05) is 18.5 Å². The van der Waals surface area contributed by atoms with E-state index in [0.717, 1.165) is 0 Å². The van der Waals surface area contributed by atoms with Crippen LogP contribution < -0.4 is 5.73 Å². The average Bonchev–Trinajstić information content (AvgIpc) is 2.90. The van der Waals surface area contributed by atoms with Crippen LogP contribution in [0.1, 0.15) is 23.7 Å². The molecule has 9 heteroatoms. The van der Waals surface area contributed by atoms with Crippen molar-refractivity contribution in [2.45, 2.75) is 18.2 Å². The quantitative estimate of drug-likeness (QED) is 0.803. The second-order valence-electron chi connectivity index (χ2n) is 5.74. The molecular formula is C14H20Cl2N2O4S. The predicted molar refractivity (Wildman–Crippen MR) is 90.6 cm³/mol. The van der Waals surface area contributed by atoms with E-state index >= 15 is 0 Å². The van der Waals surface area contributed by atoms with E-state index in [-0.39, 0.29) is 33.3 Å². The average molecular weight is 383 g/mol. The standard InChI is InChI=1S/C14H19ClN2O4S.ClH/c1-14(8-16)5-6-17(9-14)22(19,20)12-7-10(15)3-4-11(12)13(18)21-2;/h3-4,7H,5-6,8-9,16H2,1-2H3;1H. The molecule has 2 rings (SSSR count). The number of ether oxygens (including phenoxy) is 1. The highest BCUT2D eigenvalue weighted by atomic mass is 35.5. The second-order valence-corrected chi connectivity index (χ2v) is 8.08. The van der Waals surface area contributed by atoms with Crippen LogP contribution in [0.5, 0.6) is 0 Å². The predicted octanol–water partition coefficient (Wildman–Crippen LogP) is 1.91. The first-order chi connectivity index (χ1) is 10.2. The molecule has 1 fully saturated rings. The minimum atomic E-state index is -3.84. The molecule has 6 nitrogen and oxygen atoms in total. The molecular weight excluding hydrogens is 363 g/mol. The summed E-state index contributed by atoms with van der Waals surface area (Å²) in [6.07, 6.45) is 0.677. The number of methoxy groups -OCH3 is 1. The van der Waals surface area contributed by atoms with Crippen molar-refractivity contribution in [2.24, 2.45) is 11.1 Å². The third-order valence-electron chi connectivity index (χ3n) is 3.98. The lowest BCUT2D eigenvalue weighted by Crippen LogP contribution is -2.35. The van der Waals surface area contributed by atoms with E-state index in [2.05, 4.69) is 4.74 Å². The van der Waals surface area contributed by atoms with Crippen LogP contribution in [0.25, 0.3) is 0 Å². The molecule has 0 aliphatic carbocycles. The maximum atomic E-state index is 12.9. The Kier molecular flexibility index (Phi) is 6.46. The van der Waals surface area contributed by atoms with E-state index in [4.69, 9.17) is 17.3 Å². The molecule has 1 aromatic carbocycles. The van der Waals surface area contributed by atoms with E-state index in [0.29, 0.717) is 26.1 Å². The van der Waals surface area contributed by atoms with Gasteiger partial charge in [0.25, 0.3) is 0 Å². The fourth-order valence-corrected chi connectivity index (χ4v) is 4.51. The smallest absolute Gasteiger partial charge is 0.339 e. The molecule has 0 amide bonds.